The average Bonchev–Trinajstić information content (AvgIpc) is 2.09. The molecule has 0 saturated carbocycles. The molecule has 0 fully saturated rings. The molecule has 0 aromatic carbocycles. The third-order valence-corrected chi connectivity index (χ3v) is 2.05. The van der Waals surface area contributed by atoms with Gasteiger partial charge in [0.2, 0.25) is 0 Å². The molecule has 0 aliphatic heterocycles. The second-order valence-corrected chi connectivity index (χ2v) is 3.34. The molecule has 0 bridgehead atoms. The summed E-state index contributed by atoms with van der Waals surface area (Å²) in [6.07, 6.45) is 10.1. The molecule has 0 heterocycles. The Balaban J connectivity index is -0.000000720. The topological polar surface area (TPSA) is 68.8 Å². The predicted octanol–water partition coefficient (Wildman–Crippen LogP) is 2.55. The summed E-state index contributed by atoms with van der Waals surface area (Å²) in [6, 6.07) is 0. The number of unbranched alkanes of at least 4 members (excludes halogenated alkanes) is 6. The van der Waals surface area contributed by atoms with Crippen molar-refractivity contribution in [1.29, 1.82) is 0 Å². The Kier molecular flexibility index (Phi) is 24.1. The van der Waals surface area contributed by atoms with E-state index in [1.54, 1.807) is 0 Å². The molecule has 91 valence electrons. The quantitative estimate of drug-likeness (QED) is 0.511. The normalized spacial score (nSPS) is 8.53. The Morgan fingerprint density at radius 2 is 1.53 bits per heavy atom. The molecule has 3 N–H and O–H groups in total. The molecule has 0 spiro atoms. The zero-order valence-electron chi connectivity index (χ0n) is 9.17. The first-order valence-corrected chi connectivity index (χ1v) is 5.10. The molecule has 0 aliphatic rings. The number of carboxylic acid groups (broad SMARTS) is 1. The van der Waals surface area contributed by atoms with Crippen LogP contribution in [0.1, 0.15) is 51.4 Å². The number of carbonyl (C=O) groups is 1. The largest absolute Gasteiger partial charge is 0.481 e. The minimum Gasteiger partial charge on any atom is -0.481 e. The van der Waals surface area contributed by atoms with Crippen LogP contribution in [-0.4, -0.2) is 16.6 Å². The molecule has 3 nitrogen and oxygen atoms in total. The fourth-order valence-corrected chi connectivity index (χ4v) is 1.27. The number of carboxylic acids is 1. The second-order valence-electron chi connectivity index (χ2n) is 3.34. The Bertz CT molecular complexity index is 149. The summed E-state index contributed by atoms with van der Waals surface area (Å²) in [4.78, 5) is 10.2. The van der Waals surface area contributed by atoms with Crippen molar-refractivity contribution in [3.05, 3.63) is 12.7 Å². The van der Waals surface area contributed by atoms with E-state index >= 15 is 0 Å². The van der Waals surface area contributed by atoms with E-state index in [2.05, 4.69) is 6.58 Å². The van der Waals surface area contributed by atoms with E-state index in [1.807, 2.05) is 6.08 Å². The van der Waals surface area contributed by atoms with Gasteiger partial charge in [0.15, 0.2) is 0 Å². The van der Waals surface area contributed by atoms with Crippen molar-refractivity contribution < 1.29 is 64.8 Å². The molecule has 0 aromatic heterocycles. The Morgan fingerprint density at radius 1 is 1.07 bits per heavy atom. The van der Waals surface area contributed by atoms with Gasteiger partial charge < -0.3 is 10.6 Å². The molecule has 0 aliphatic carbocycles. The summed E-state index contributed by atoms with van der Waals surface area (Å²) in [5, 5.41) is 8.38. The van der Waals surface area contributed by atoms with Crippen LogP contribution in [0.2, 0.25) is 0 Å². The average molecular weight is 354 g/mol. The van der Waals surface area contributed by atoms with Gasteiger partial charge >= 0.3 is 5.97 Å². The minimum atomic E-state index is -0.674. The van der Waals surface area contributed by atoms with Gasteiger partial charge in [-0.25, -0.2) is 0 Å². The van der Waals surface area contributed by atoms with Crippen molar-refractivity contribution in [3.63, 3.8) is 0 Å². The zero-order valence-corrected chi connectivity index (χ0v) is 11.6. The van der Waals surface area contributed by atoms with E-state index in [0.29, 0.717) is 6.42 Å². The SMILES string of the molecule is C=CCCCCCCCCC(=O)O.O.[Eu]. The van der Waals surface area contributed by atoms with Crippen molar-refractivity contribution in [3.8, 4) is 0 Å². The van der Waals surface area contributed by atoms with Crippen LogP contribution in [0.3, 0.4) is 0 Å². The number of hydrogen-bond donors (Lipinski definition) is 1. The van der Waals surface area contributed by atoms with Gasteiger partial charge in [-0.05, 0) is 19.3 Å². The summed E-state index contributed by atoms with van der Waals surface area (Å²) in [6.45, 7) is 3.66. The van der Waals surface area contributed by atoms with E-state index in [1.165, 1.54) is 25.7 Å². The van der Waals surface area contributed by atoms with E-state index in [4.69, 9.17) is 5.11 Å². The van der Waals surface area contributed by atoms with Gasteiger partial charge in [-0.1, -0.05) is 31.8 Å². The minimum absolute atomic E-state index is 0. The maximum absolute atomic E-state index is 10.2. The van der Waals surface area contributed by atoms with Gasteiger partial charge in [-0.3, -0.25) is 4.79 Å². The maximum Gasteiger partial charge on any atom is 0.303 e. The van der Waals surface area contributed by atoms with Crippen LogP contribution in [0, 0.1) is 49.4 Å². The molecular formula is C11H22EuO3. The molecule has 15 heavy (non-hydrogen) atoms. The van der Waals surface area contributed by atoms with Crippen LogP contribution < -0.4 is 0 Å². The third-order valence-electron chi connectivity index (χ3n) is 2.05. The first kappa shape index (κ1) is 21.1. The molecule has 0 unspecified atom stereocenters. The Labute approximate surface area is 133 Å². The van der Waals surface area contributed by atoms with Gasteiger partial charge in [0.25, 0.3) is 0 Å². The summed E-state index contributed by atoms with van der Waals surface area (Å²) >= 11 is 0. The zero-order chi connectivity index (χ0) is 9.94. The van der Waals surface area contributed by atoms with Crippen LogP contribution in [0.15, 0.2) is 12.7 Å². The van der Waals surface area contributed by atoms with Crippen LogP contribution in [-0.2, 0) is 4.79 Å². The first-order valence-electron chi connectivity index (χ1n) is 5.10. The molecule has 0 saturated heterocycles. The molecule has 0 amide bonds. The van der Waals surface area contributed by atoms with Crippen molar-refractivity contribution in [2.24, 2.45) is 0 Å². The first-order chi connectivity index (χ1) is 6.27. The number of rotatable bonds is 9. The summed E-state index contributed by atoms with van der Waals surface area (Å²) in [7, 11) is 0. The predicted molar refractivity (Wildman–Crippen MR) is 58.4 cm³/mol. The van der Waals surface area contributed by atoms with E-state index in [0.717, 1.165) is 19.3 Å². The van der Waals surface area contributed by atoms with Gasteiger partial charge in [0.05, 0.1) is 0 Å². The smallest absolute Gasteiger partial charge is 0.303 e. The Hall–Kier alpha value is 0.754. The van der Waals surface area contributed by atoms with Crippen molar-refractivity contribution in [2.75, 3.05) is 0 Å². The molecular weight excluding hydrogens is 332 g/mol. The van der Waals surface area contributed by atoms with Crippen LogP contribution in [0.4, 0.5) is 0 Å². The third kappa shape index (κ3) is 20.8. The number of aliphatic carboxylic acids is 1. The van der Waals surface area contributed by atoms with E-state index in [9.17, 15) is 4.79 Å². The molecule has 1 radical (unpaired) electrons. The summed E-state index contributed by atoms with van der Waals surface area (Å²) < 4.78 is 0. The molecule has 0 rings (SSSR count). The molecule has 4 heteroatoms. The van der Waals surface area contributed by atoms with Crippen molar-refractivity contribution in [2.45, 2.75) is 51.4 Å². The number of allylic oxidation sites excluding steroid dienone is 1. The summed E-state index contributed by atoms with van der Waals surface area (Å²) in [5.74, 6) is -0.674. The van der Waals surface area contributed by atoms with Gasteiger partial charge in [0, 0.05) is 55.8 Å². The fourth-order valence-electron chi connectivity index (χ4n) is 1.27. The standard InChI is InChI=1S/C11H20O2.Eu.H2O/c1-2-3-4-5-6-7-8-9-10-11(12)13;;/h2H,1,3-10H2,(H,12,13);;1H2. The van der Waals surface area contributed by atoms with E-state index in [-0.39, 0.29) is 54.9 Å². The fraction of sp³-hybridized carbons (Fsp3) is 0.727. The van der Waals surface area contributed by atoms with E-state index < -0.39 is 5.97 Å². The molecule has 0 atom stereocenters. The van der Waals surface area contributed by atoms with Gasteiger partial charge in [0.1, 0.15) is 0 Å². The van der Waals surface area contributed by atoms with Crippen LogP contribution >= 0.6 is 0 Å². The van der Waals surface area contributed by atoms with Gasteiger partial charge in [-0.2, -0.15) is 0 Å². The number of hydrogen-bond acceptors (Lipinski definition) is 1. The van der Waals surface area contributed by atoms with Crippen LogP contribution in [0.25, 0.3) is 0 Å². The maximum atomic E-state index is 10.2. The van der Waals surface area contributed by atoms with Crippen molar-refractivity contribution >= 4 is 5.97 Å². The van der Waals surface area contributed by atoms with Crippen molar-refractivity contribution in [1.82, 2.24) is 0 Å². The summed E-state index contributed by atoms with van der Waals surface area (Å²) in [5.41, 5.74) is 0. The molecule has 0 aromatic rings. The second kappa shape index (κ2) is 17.2. The Morgan fingerprint density at radius 3 is 2.00 bits per heavy atom. The monoisotopic (exact) mass is 355 g/mol. The van der Waals surface area contributed by atoms with Crippen LogP contribution in [0.5, 0.6) is 0 Å². The van der Waals surface area contributed by atoms with Gasteiger partial charge in [-0.15, -0.1) is 6.58 Å².